The number of thiophene rings is 1. The quantitative estimate of drug-likeness (QED) is 0.858. The number of carbonyl (C=O) groups is 2. The van der Waals surface area contributed by atoms with Crippen LogP contribution in [0.1, 0.15) is 50.4 Å². The molecule has 2 aliphatic heterocycles. The van der Waals surface area contributed by atoms with E-state index < -0.39 is 0 Å². The van der Waals surface area contributed by atoms with Crippen molar-refractivity contribution in [3.05, 3.63) is 22.4 Å². The highest BCUT2D eigenvalue weighted by Gasteiger charge is 2.29. The average Bonchev–Trinajstić information content (AvgIpc) is 3.17. The predicted molar refractivity (Wildman–Crippen MR) is 105 cm³/mol. The molecule has 2 amide bonds. The van der Waals surface area contributed by atoms with Gasteiger partial charge in [0.05, 0.1) is 6.04 Å². The minimum absolute atomic E-state index is 0.0379. The Kier molecular flexibility index (Phi) is 6.70. The lowest BCUT2D eigenvalue weighted by atomic mass is 9.95. The van der Waals surface area contributed by atoms with Crippen molar-refractivity contribution < 1.29 is 9.59 Å². The summed E-state index contributed by atoms with van der Waals surface area (Å²) in [6, 6.07) is 4.56. The summed E-state index contributed by atoms with van der Waals surface area (Å²) >= 11 is 1.78. The Morgan fingerprint density at radius 2 is 1.88 bits per heavy atom. The summed E-state index contributed by atoms with van der Waals surface area (Å²) in [5.74, 6) is 1.10. The van der Waals surface area contributed by atoms with Gasteiger partial charge >= 0.3 is 0 Å². The number of nitrogens with one attached hydrogen (secondary N) is 1. The van der Waals surface area contributed by atoms with Crippen LogP contribution in [0.4, 0.5) is 0 Å². The van der Waals surface area contributed by atoms with Crippen LogP contribution in [-0.4, -0.2) is 54.3 Å². The van der Waals surface area contributed by atoms with Crippen LogP contribution < -0.4 is 5.32 Å². The zero-order valence-electron chi connectivity index (χ0n) is 15.9. The van der Waals surface area contributed by atoms with E-state index in [1.165, 1.54) is 17.7 Å². The van der Waals surface area contributed by atoms with Crippen LogP contribution in [0.15, 0.2) is 17.5 Å². The Labute approximate surface area is 160 Å². The molecule has 2 saturated heterocycles. The number of piperidine rings is 2. The van der Waals surface area contributed by atoms with E-state index in [0.29, 0.717) is 19.6 Å². The summed E-state index contributed by atoms with van der Waals surface area (Å²) in [6.45, 7) is 8.23. The van der Waals surface area contributed by atoms with Gasteiger partial charge in [-0.05, 0) is 56.1 Å². The Morgan fingerprint density at radius 3 is 2.46 bits per heavy atom. The fraction of sp³-hybridized carbons (Fsp3) is 0.700. The summed E-state index contributed by atoms with van der Waals surface area (Å²) in [5.41, 5.74) is 0. The largest absolute Gasteiger partial charge is 0.354 e. The number of amides is 2. The molecule has 0 spiro atoms. The van der Waals surface area contributed by atoms with Crippen LogP contribution in [-0.2, 0) is 9.59 Å². The van der Waals surface area contributed by atoms with Gasteiger partial charge in [-0.25, -0.2) is 0 Å². The molecule has 1 aromatic heterocycles. The molecule has 3 heterocycles. The van der Waals surface area contributed by atoms with Crippen LogP contribution in [0.5, 0.6) is 0 Å². The van der Waals surface area contributed by atoms with Gasteiger partial charge in [0.1, 0.15) is 0 Å². The fourth-order valence-electron chi connectivity index (χ4n) is 4.03. The highest BCUT2D eigenvalue weighted by Crippen LogP contribution is 2.29. The summed E-state index contributed by atoms with van der Waals surface area (Å²) in [6.07, 6.45) is 4.02. The molecule has 1 aromatic rings. The number of nitrogens with zero attached hydrogens (tertiary/aromatic N) is 2. The summed E-state index contributed by atoms with van der Waals surface area (Å²) in [4.78, 5) is 29.8. The standard InChI is InChI=1S/C20H31N3O2S/c1-15-5-9-23(10-6-15)18(19-4-3-13-26-19)14-21-20(25)17-7-11-22(12-8-17)16(2)24/h3-4,13,15,17-18H,5-12,14H2,1-2H3,(H,21,25). The molecular formula is C20H31N3O2S. The second-order valence-electron chi connectivity index (χ2n) is 7.78. The molecule has 1 N–H and O–H groups in total. The maximum Gasteiger partial charge on any atom is 0.223 e. The van der Waals surface area contributed by atoms with Crippen molar-refractivity contribution in [3.63, 3.8) is 0 Å². The number of hydrogen-bond acceptors (Lipinski definition) is 4. The number of hydrogen-bond donors (Lipinski definition) is 1. The molecule has 0 radical (unpaired) electrons. The van der Waals surface area contributed by atoms with Gasteiger partial charge in [-0.15, -0.1) is 11.3 Å². The number of carbonyl (C=O) groups excluding carboxylic acids is 2. The van der Waals surface area contributed by atoms with Crippen LogP contribution in [0.3, 0.4) is 0 Å². The van der Waals surface area contributed by atoms with E-state index in [2.05, 4.69) is 34.7 Å². The highest BCUT2D eigenvalue weighted by molar-refractivity contribution is 7.10. The van der Waals surface area contributed by atoms with Gasteiger partial charge in [0.15, 0.2) is 0 Å². The van der Waals surface area contributed by atoms with Crippen molar-refractivity contribution in [1.29, 1.82) is 0 Å². The summed E-state index contributed by atoms with van der Waals surface area (Å²) in [5, 5.41) is 5.34. The SMILES string of the molecule is CC(=O)N1CCC(C(=O)NCC(c2cccs2)N2CCC(C)CC2)CC1. The third-order valence-corrected chi connectivity index (χ3v) is 6.88. The molecule has 144 valence electrons. The van der Waals surface area contributed by atoms with Crippen molar-refractivity contribution in [2.24, 2.45) is 11.8 Å². The number of likely N-dealkylation sites (tertiary alicyclic amines) is 2. The second kappa shape index (κ2) is 9.00. The van der Waals surface area contributed by atoms with Crippen molar-refractivity contribution in [1.82, 2.24) is 15.1 Å². The molecule has 2 fully saturated rings. The third-order valence-electron chi connectivity index (χ3n) is 5.91. The van der Waals surface area contributed by atoms with E-state index >= 15 is 0 Å². The molecule has 2 aliphatic rings. The summed E-state index contributed by atoms with van der Waals surface area (Å²) < 4.78 is 0. The molecule has 0 saturated carbocycles. The molecule has 5 nitrogen and oxygen atoms in total. The van der Waals surface area contributed by atoms with Gasteiger partial charge in [-0.2, -0.15) is 0 Å². The first kappa shape index (κ1) is 19.4. The van der Waals surface area contributed by atoms with Crippen molar-refractivity contribution in [3.8, 4) is 0 Å². The normalized spacial score (nSPS) is 21.5. The van der Waals surface area contributed by atoms with E-state index in [9.17, 15) is 9.59 Å². The van der Waals surface area contributed by atoms with E-state index in [1.54, 1.807) is 18.3 Å². The van der Waals surface area contributed by atoms with Gasteiger partial charge in [-0.1, -0.05) is 13.0 Å². The molecule has 1 unspecified atom stereocenters. The zero-order chi connectivity index (χ0) is 18.5. The first-order valence-corrected chi connectivity index (χ1v) is 10.7. The third kappa shape index (κ3) is 4.86. The molecule has 0 aliphatic carbocycles. The maximum atomic E-state index is 12.7. The molecular weight excluding hydrogens is 346 g/mol. The summed E-state index contributed by atoms with van der Waals surface area (Å²) in [7, 11) is 0. The molecule has 26 heavy (non-hydrogen) atoms. The minimum atomic E-state index is 0.0379. The van der Waals surface area contributed by atoms with E-state index in [4.69, 9.17) is 0 Å². The lowest BCUT2D eigenvalue weighted by molar-refractivity contribution is -0.134. The fourth-order valence-corrected chi connectivity index (χ4v) is 4.89. The average molecular weight is 378 g/mol. The van der Waals surface area contributed by atoms with E-state index in [1.807, 2.05) is 4.90 Å². The first-order valence-electron chi connectivity index (χ1n) is 9.85. The second-order valence-corrected chi connectivity index (χ2v) is 8.75. The van der Waals surface area contributed by atoms with Gasteiger partial charge in [0.25, 0.3) is 0 Å². The lowest BCUT2D eigenvalue weighted by Crippen LogP contribution is -2.45. The molecule has 3 rings (SSSR count). The minimum Gasteiger partial charge on any atom is -0.354 e. The van der Waals surface area contributed by atoms with Crippen LogP contribution in [0, 0.1) is 11.8 Å². The van der Waals surface area contributed by atoms with Gasteiger partial charge < -0.3 is 10.2 Å². The van der Waals surface area contributed by atoms with Gasteiger partial charge in [-0.3, -0.25) is 14.5 Å². The van der Waals surface area contributed by atoms with Crippen molar-refractivity contribution in [2.75, 3.05) is 32.7 Å². The Morgan fingerprint density at radius 1 is 1.19 bits per heavy atom. The zero-order valence-corrected chi connectivity index (χ0v) is 16.8. The lowest BCUT2D eigenvalue weighted by Gasteiger charge is -2.37. The predicted octanol–water partition coefficient (Wildman–Crippen LogP) is 2.90. The first-order chi connectivity index (χ1) is 12.5. The Hall–Kier alpha value is -1.40. The van der Waals surface area contributed by atoms with Crippen molar-refractivity contribution >= 4 is 23.2 Å². The molecule has 0 aromatic carbocycles. The molecule has 0 bridgehead atoms. The monoisotopic (exact) mass is 377 g/mol. The molecule has 6 heteroatoms. The van der Waals surface area contributed by atoms with E-state index in [-0.39, 0.29) is 23.8 Å². The highest BCUT2D eigenvalue weighted by atomic mass is 32.1. The Bertz CT molecular complexity index is 588. The van der Waals surface area contributed by atoms with Crippen molar-refractivity contribution in [2.45, 2.75) is 45.6 Å². The van der Waals surface area contributed by atoms with Crippen LogP contribution >= 0.6 is 11.3 Å². The van der Waals surface area contributed by atoms with Crippen LogP contribution in [0.25, 0.3) is 0 Å². The molecule has 1 atom stereocenters. The topological polar surface area (TPSA) is 52.7 Å². The van der Waals surface area contributed by atoms with Crippen LogP contribution in [0.2, 0.25) is 0 Å². The smallest absolute Gasteiger partial charge is 0.223 e. The van der Waals surface area contributed by atoms with Gasteiger partial charge in [0, 0.05) is 37.4 Å². The maximum absolute atomic E-state index is 12.7. The number of rotatable bonds is 5. The Balaban J connectivity index is 1.54. The van der Waals surface area contributed by atoms with E-state index in [0.717, 1.165) is 31.8 Å². The van der Waals surface area contributed by atoms with Gasteiger partial charge in [0.2, 0.25) is 11.8 Å².